The number of nitrogens with one attached hydrogen (secondary N) is 1. The van der Waals surface area contributed by atoms with Gasteiger partial charge in [-0.3, -0.25) is 4.79 Å². The van der Waals surface area contributed by atoms with Gasteiger partial charge in [0.05, 0.1) is 17.6 Å². The molecule has 0 radical (unpaired) electrons. The Labute approximate surface area is 192 Å². The molecule has 5 nitrogen and oxygen atoms in total. The highest BCUT2D eigenvalue weighted by Crippen LogP contribution is 2.20. The smallest absolute Gasteiger partial charge is 0.219 e. The number of aryl methyl sites for hydroxylation is 2. The lowest BCUT2D eigenvalue weighted by Gasteiger charge is -2.11. The first-order chi connectivity index (χ1) is 15.6. The molecule has 5 heteroatoms. The highest BCUT2D eigenvalue weighted by atomic mass is 16.5. The summed E-state index contributed by atoms with van der Waals surface area (Å²) in [5.41, 5.74) is 3.58. The summed E-state index contributed by atoms with van der Waals surface area (Å²) in [6.07, 6.45) is 5.61. The van der Waals surface area contributed by atoms with Gasteiger partial charge in [-0.15, -0.1) is 0 Å². The van der Waals surface area contributed by atoms with Crippen molar-refractivity contribution in [3.8, 4) is 5.75 Å². The third kappa shape index (κ3) is 6.84. The molecule has 0 saturated carbocycles. The van der Waals surface area contributed by atoms with Crippen molar-refractivity contribution < 1.29 is 9.53 Å². The molecule has 1 amide bonds. The largest absolute Gasteiger partial charge is 0.494 e. The zero-order valence-corrected chi connectivity index (χ0v) is 19.8. The third-order valence-corrected chi connectivity index (χ3v) is 5.80. The number of para-hydroxylation sites is 2. The van der Waals surface area contributed by atoms with E-state index in [0.29, 0.717) is 18.9 Å². The lowest BCUT2D eigenvalue weighted by atomic mass is 10.0. The molecule has 0 unspecified atom stereocenters. The van der Waals surface area contributed by atoms with Crippen LogP contribution < -0.4 is 10.1 Å². The van der Waals surface area contributed by atoms with Crippen molar-refractivity contribution >= 4 is 16.9 Å². The van der Waals surface area contributed by atoms with Gasteiger partial charge < -0.3 is 14.6 Å². The van der Waals surface area contributed by atoms with Gasteiger partial charge in [0, 0.05) is 25.9 Å². The van der Waals surface area contributed by atoms with E-state index in [1.54, 1.807) is 0 Å². The molecule has 0 bridgehead atoms. The third-order valence-electron chi connectivity index (χ3n) is 5.80. The van der Waals surface area contributed by atoms with E-state index < -0.39 is 0 Å². The van der Waals surface area contributed by atoms with Crippen molar-refractivity contribution in [1.29, 1.82) is 0 Å². The maximum absolute atomic E-state index is 11.3. The Morgan fingerprint density at radius 3 is 2.56 bits per heavy atom. The first kappa shape index (κ1) is 23.8. The Kier molecular flexibility index (Phi) is 9.14. The number of hydrogen-bond donors (Lipinski definition) is 1. The first-order valence-corrected chi connectivity index (χ1v) is 12.0. The van der Waals surface area contributed by atoms with Gasteiger partial charge in [0.1, 0.15) is 11.6 Å². The topological polar surface area (TPSA) is 56.2 Å². The molecule has 32 heavy (non-hydrogen) atoms. The summed E-state index contributed by atoms with van der Waals surface area (Å²) in [7, 11) is 0. The molecular formula is C27H37N3O2. The average Bonchev–Trinajstić information content (AvgIpc) is 3.16. The molecule has 1 heterocycles. The number of carbonyl (C=O) groups is 1. The fourth-order valence-corrected chi connectivity index (χ4v) is 3.87. The molecule has 1 aromatic heterocycles. The average molecular weight is 436 g/mol. The molecule has 3 rings (SSSR count). The molecule has 3 aromatic rings. The molecule has 0 saturated heterocycles. The molecule has 0 aliphatic carbocycles. The van der Waals surface area contributed by atoms with Gasteiger partial charge in [-0.1, -0.05) is 51.5 Å². The second kappa shape index (κ2) is 12.3. The van der Waals surface area contributed by atoms with Crippen LogP contribution >= 0.6 is 0 Å². The molecular weight excluding hydrogens is 398 g/mol. The summed E-state index contributed by atoms with van der Waals surface area (Å²) in [5.74, 6) is 2.74. The molecule has 0 spiro atoms. The summed E-state index contributed by atoms with van der Waals surface area (Å²) in [6, 6.07) is 16.8. The number of amides is 1. The Bertz CT molecular complexity index is 976. The molecule has 2 aromatic carbocycles. The number of unbranched alkanes of at least 4 members (excludes halogenated alkanes) is 2. The number of imidazole rings is 1. The molecule has 172 valence electrons. The monoisotopic (exact) mass is 435 g/mol. The Morgan fingerprint density at radius 1 is 1.03 bits per heavy atom. The predicted octanol–water partition coefficient (Wildman–Crippen LogP) is 5.87. The van der Waals surface area contributed by atoms with Gasteiger partial charge in [-0.25, -0.2) is 4.98 Å². The molecule has 1 N–H and O–H groups in total. The lowest BCUT2D eigenvalue weighted by molar-refractivity contribution is -0.120. The van der Waals surface area contributed by atoms with Gasteiger partial charge in [0.25, 0.3) is 0 Å². The van der Waals surface area contributed by atoms with Crippen LogP contribution in [-0.2, 0) is 17.8 Å². The van der Waals surface area contributed by atoms with E-state index in [-0.39, 0.29) is 5.91 Å². The Hall–Kier alpha value is -2.82. The molecule has 0 aliphatic heterocycles. The van der Waals surface area contributed by atoms with Gasteiger partial charge in [-0.05, 0) is 55.0 Å². The van der Waals surface area contributed by atoms with Crippen molar-refractivity contribution in [2.24, 2.45) is 0 Å². The van der Waals surface area contributed by atoms with Gasteiger partial charge in [0.2, 0.25) is 5.91 Å². The van der Waals surface area contributed by atoms with Crippen LogP contribution in [0, 0.1) is 0 Å². The SMILES string of the molecule is CCC(=O)NCCCCCc1nc2ccccc2n1CCCOc1ccc(C(C)C)cc1. The van der Waals surface area contributed by atoms with Crippen LogP contribution in [0.4, 0.5) is 0 Å². The second-order valence-corrected chi connectivity index (χ2v) is 8.61. The van der Waals surface area contributed by atoms with Crippen LogP contribution in [0.3, 0.4) is 0 Å². The second-order valence-electron chi connectivity index (χ2n) is 8.61. The van der Waals surface area contributed by atoms with E-state index in [1.807, 2.05) is 13.0 Å². The number of aromatic nitrogens is 2. The van der Waals surface area contributed by atoms with E-state index in [4.69, 9.17) is 9.72 Å². The highest BCUT2D eigenvalue weighted by molar-refractivity contribution is 5.76. The lowest BCUT2D eigenvalue weighted by Crippen LogP contribution is -2.23. The Balaban J connectivity index is 1.50. The van der Waals surface area contributed by atoms with Gasteiger partial charge in [-0.2, -0.15) is 0 Å². The van der Waals surface area contributed by atoms with E-state index >= 15 is 0 Å². The number of ether oxygens (including phenoxy) is 1. The number of fused-ring (bicyclic) bond motifs is 1. The van der Waals surface area contributed by atoms with Gasteiger partial charge >= 0.3 is 0 Å². The van der Waals surface area contributed by atoms with Crippen LogP contribution in [0.5, 0.6) is 5.75 Å². The summed E-state index contributed by atoms with van der Waals surface area (Å²) in [5, 5.41) is 2.95. The van der Waals surface area contributed by atoms with Crippen molar-refractivity contribution in [2.75, 3.05) is 13.2 Å². The highest BCUT2D eigenvalue weighted by Gasteiger charge is 2.10. The van der Waals surface area contributed by atoms with Crippen LogP contribution in [-0.4, -0.2) is 28.6 Å². The van der Waals surface area contributed by atoms with Crippen LogP contribution in [0.25, 0.3) is 11.0 Å². The van der Waals surface area contributed by atoms with Crippen molar-refractivity contribution in [3.63, 3.8) is 0 Å². The van der Waals surface area contributed by atoms with E-state index in [1.165, 1.54) is 11.1 Å². The normalized spacial score (nSPS) is 11.2. The minimum absolute atomic E-state index is 0.130. The molecule has 0 aliphatic rings. The number of carbonyl (C=O) groups excluding carboxylic acids is 1. The quantitative estimate of drug-likeness (QED) is 0.342. The maximum atomic E-state index is 11.3. The van der Waals surface area contributed by atoms with Crippen molar-refractivity contribution in [1.82, 2.24) is 14.9 Å². The molecule has 0 fully saturated rings. The number of rotatable bonds is 13. The zero-order chi connectivity index (χ0) is 22.8. The van der Waals surface area contributed by atoms with E-state index in [9.17, 15) is 4.79 Å². The summed E-state index contributed by atoms with van der Waals surface area (Å²) in [4.78, 5) is 16.2. The fraction of sp³-hybridized carbons (Fsp3) is 0.481. The van der Waals surface area contributed by atoms with Gasteiger partial charge in [0.15, 0.2) is 0 Å². The van der Waals surface area contributed by atoms with Crippen molar-refractivity contribution in [3.05, 3.63) is 59.9 Å². The standard InChI is InChI=1S/C27H37N3O2/c1-4-27(31)28-18-9-5-6-13-26-29-24-11-7-8-12-25(24)30(26)19-10-20-32-23-16-14-22(15-17-23)21(2)3/h7-8,11-12,14-17,21H,4-6,9-10,13,18-20H2,1-3H3,(H,28,31). The van der Waals surface area contributed by atoms with E-state index in [2.05, 4.69) is 66.2 Å². The van der Waals surface area contributed by atoms with Crippen LogP contribution in [0.2, 0.25) is 0 Å². The minimum atomic E-state index is 0.130. The molecule has 0 atom stereocenters. The predicted molar refractivity (Wildman–Crippen MR) is 131 cm³/mol. The number of nitrogens with zero attached hydrogens (tertiary/aromatic N) is 2. The number of benzene rings is 2. The summed E-state index contributed by atoms with van der Waals surface area (Å²) < 4.78 is 8.32. The minimum Gasteiger partial charge on any atom is -0.494 e. The summed E-state index contributed by atoms with van der Waals surface area (Å²) >= 11 is 0. The zero-order valence-electron chi connectivity index (χ0n) is 19.8. The Morgan fingerprint density at radius 2 is 1.81 bits per heavy atom. The first-order valence-electron chi connectivity index (χ1n) is 12.0. The summed E-state index contributed by atoms with van der Waals surface area (Å²) in [6.45, 7) is 8.63. The van der Waals surface area contributed by atoms with Crippen LogP contribution in [0.15, 0.2) is 48.5 Å². The van der Waals surface area contributed by atoms with E-state index in [0.717, 1.165) is 62.3 Å². The van der Waals surface area contributed by atoms with Crippen molar-refractivity contribution in [2.45, 2.75) is 71.8 Å². The number of hydrogen-bond acceptors (Lipinski definition) is 3. The fourth-order valence-electron chi connectivity index (χ4n) is 3.87. The maximum Gasteiger partial charge on any atom is 0.219 e. The van der Waals surface area contributed by atoms with Crippen LogP contribution in [0.1, 0.15) is 70.2 Å².